The summed E-state index contributed by atoms with van der Waals surface area (Å²) in [6.07, 6.45) is 0. The zero-order valence-electron chi connectivity index (χ0n) is 10.5. The van der Waals surface area contributed by atoms with E-state index in [1.807, 2.05) is 6.92 Å². The van der Waals surface area contributed by atoms with Crippen LogP contribution in [0.3, 0.4) is 0 Å². The van der Waals surface area contributed by atoms with Gasteiger partial charge in [-0.05, 0) is 31.2 Å². The van der Waals surface area contributed by atoms with E-state index in [1.165, 1.54) is 18.2 Å². The normalized spacial score (nSPS) is 14.7. The molecule has 4 nitrogen and oxygen atoms in total. The highest BCUT2D eigenvalue weighted by molar-refractivity contribution is 7.79. The van der Waals surface area contributed by atoms with Gasteiger partial charge in [0.15, 0.2) is 22.6 Å². The predicted molar refractivity (Wildman–Crippen MR) is 73.5 cm³/mol. The Kier molecular flexibility index (Phi) is 2.88. The molecular formula is C15H10O4S. The van der Waals surface area contributed by atoms with Gasteiger partial charge < -0.3 is 4.55 Å². The van der Waals surface area contributed by atoms with Crippen molar-refractivity contribution < 1.29 is 18.4 Å². The van der Waals surface area contributed by atoms with E-state index >= 15 is 0 Å². The van der Waals surface area contributed by atoms with Gasteiger partial charge in [0.1, 0.15) is 0 Å². The Bertz CT molecular complexity index is 792. The fraction of sp³-hybridized carbons (Fsp3) is 0.0667. The van der Waals surface area contributed by atoms with Crippen molar-refractivity contribution >= 4 is 22.6 Å². The number of carbonyl (C=O) groups is 2. The van der Waals surface area contributed by atoms with Gasteiger partial charge in [-0.2, -0.15) is 0 Å². The molecule has 1 aliphatic rings. The van der Waals surface area contributed by atoms with Crippen LogP contribution in [0.4, 0.5) is 0 Å². The molecule has 1 atom stereocenters. The van der Waals surface area contributed by atoms with Gasteiger partial charge >= 0.3 is 0 Å². The molecule has 3 rings (SSSR count). The smallest absolute Gasteiger partial charge is 0.194 e. The maximum Gasteiger partial charge on any atom is 0.194 e. The number of rotatable bonds is 1. The van der Waals surface area contributed by atoms with Gasteiger partial charge in [0, 0.05) is 22.3 Å². The zero-order valence-corrected chi connectivity index (χ0v) is 11.4. The molecule has 2 aromatic rings. The Morgan fingerprint density at radius 2 is 1.40 bits per heavy atom. The Morgan fingerprint density at radius 1 is 0.850 bits per heavy atom. The highest BCUT2D eigenvalue weighted by atomic mass is 32.2. The predicted octanol–water partition coefficient (Wildman–Crippen LogP) is 2.35. The molecule has 20 heavy (non-hydrogen) atoms. The van der Waals surface area contributed by atoms with Crippen LogP contribution in [-0.4, -0.2) is 20.3 Å². The van der Waals surface area contributed by atoms with E-state index in [1.54, 1.807) is 18.2 Å². The molecule has 1 aliphatic carbocycles. The molecule has 1 N–H and O–H groups in total. The lowest BCUT2D eigenvalue weighted by Crippen LogP contribution is -2.21. The largest absolute Gasteiger partial charge is 0.302 e. The van der Waals surface area contributed by atoms with Gasteiger partial charge in [0.2, 0.25) is 0 Å². The van der Waals surface area contributed by atoms with Crippen LogP contribution in [0.5, 0.6) is 0 Å². The van der Waals surface area contributed by atoms with Crippen LogP contribution in [0, 0.1) is 6.92 Å². The molecule has 100 valence electrons. The summed E-state index contributed by atoms with van der Waals surface area (Å²) >= 11 is -2.18. The van der Waals surface area contributed by atoms with Crippen LogP contribution < -0.4 is 0 Å². The number of hydrogen-bond acceptors (Lipinski definition) is 3. The summed E-state index contributed by atoms with van der Waals surface area (Å²) < 4.78 is 20.2. The quantitative estimate of drug-likeness (QED) is 0.697. The summed E-state index contributed by atoms with van der Waals surface area (Å²) in [4.78, 5) is 24.9. The van der Waals surface area contributed by atoms with Crippen LogP contribution in [-0.2, 0) is 11.1 Å². The van der Waals surface area contributed by atoms with E-state index in [9.17, 15) is 13.8 Å². The van der Waals surface area contributed by atoms with Crippen molar-refractivity contribution in [2.45, 2.75) is 11.8 Å². The minimum absolute atomic E-state index is 0.112. The highest BCUT2D eigenvalue weighted by Gasteiger charge is 2.30. The highest BCUT2D eigenvalue weighted by Crippen LogP contribution is 2.29. The standard InChI is InChI=1S/C15H10O4S/c1-8-2-4-10-12(6-8)14(16)11-5-3-9(20(18)19)7-13(11)15(10)17/h2-7H,1H3,(H,18,19). The van der Waals surface area contributed by atoms with Crippen molar-refractivity contribution in [2.24, 2.45) is 0 Å². The number of carbonyl (C=O) groups excluding carboxylic acids is 2. The van der Waals surface area contributed by atoms with Crippen molar-refractivity contribution in [3.8, 4) is 0 Å². The monoisotopic (exact) mass is 286 g/mol. The lowest BCUT2D eigenvalue weighted by atomic mass is 9.83. The first-order valence-electron chi connectivity index (χ1n) is 5.94. The summed E-state index contributed by atoms with van der Waals surface area (Å²) in [6.45, 7) is 1.85. The maximum absolute atomic E-state index is 12.4. The fourth-order valence-electron chi connectivity index (χ4n) is 2.35. The van der Waals surface area contributed by atoms with Crippen LogP contribution in [0.2, 0.25) is 0 Å². The first-order valence-corrected chi connectivity index (χ1v) is 7.04. The average Bonchev–Trinajstić information content (AvgIpc) is 2.44. The maximum atomic E-state index is 12.4. The number of benzene rings is 2. The molecule has 1 unspecified atom stereocenters. The summed E-state index contributed by atoms with van der Waals surface area (Å²) in [5.74, 6) is -0.518. The van der Waals surface area contributed by atoms with Gasteiger partial charge in [-0.1, -0.05) is 17.7 Å². The summed E-state index contributed by atoms with van der Waals surface area (Å²) in [5, 5.41) is 0. The molecule has 0 aromatic heterocycles. The Labute approximate surface area is 117 Å². The molecule has 0 spiro atoms. The molecule has 2 aromatic carbocycles. The van der Waals surface area contributed by atoms with Crippen molar-refractivity contribution in [2.75, 3.05) is 0 Å². The van der Waals surface area contributed by atoms with E-state index in [4.69, 9.17) is 4.55 Å². The molecule has 5 heteroatoms. The minimum Gasteiger partial charge on any atom is -0.302 e. The van der Waals surface area contributed by atoms with E-state index < -0.39 is 11.1 Å². The molecule has 0 fully saturated rings. The van der Waals surface area contributed by atoms with Gasteiger partial charge in [0.25, 0.3) is 0 Å². The van der Waals surface area contributed by atoms with Crippen molar-refractivity contribution in [1.29, 1.82) is 0 Å². The minimum atomic E-state index is -2.18. The number of hydrogen-bond donors (Lipinski definition) is 1. The van der Waals surface area contributed by atoms with E-state index in [2.05, 4.69) is 0 Å². The zero-order chi connectivity index (χ0) is 14.4. The third-order valence-electron chi connectivity index (χ3n) is 3.35. The lowest BCUT2D eigenvalue weighted by molar-refractivity contribution is 0.0979. The Balaban J connectivity index is 2.26. The summed E-state index contributed by atoms with van der Waals surface area (Å²) in [7, 11) is 0. The molecule has 0 aliphatic heterocycles. The number of fused-ring (bicyclic) bond motifs is 2. The third kappa shape index (κ3) is 1.83. The Hall–Kier alpha value is -2.11. The second-order valence-electron chi connectivity index (χ2n) is 4.66. The van der Waals surface area contributed by atoms with Crippen molar-refractivity contribution in [3.05, 3.63) is 64.2 Å². The van der Waals surface area contributed by atoms with E-state index in [-0.39, 0.29) is 27.6 Å². The van der Waals surface area contributed by atoms with Crippen LogP contribution in [0.1, 0.15) is 37.4 Å². The summed E-state index contributed by atoms with van der Waals surface area (Å²) in [5.41, 5.74) is 2.10. The molecule has 0 saturated heterocycles. The molecule has 0 radical (unpaired) electrons. The van der Waals surface area contributed by atoms with Gasteiger partial charge in [-0.15, -0.1) is 0 Å². The molecular weight excluding hydrogens is 276 g/mol. The topological polar surface area (TPSA) is 71.4 Å². The van der Waals surface area contributed by atoms with Gasteiger partial charge in [-0.3, -0.25) is 9.59 Å². The van der Waals surface area contributed by atoms with Crippen LogP contribution in [0.25, 0.3) is 0 Å². The number of aryl methyl sites for hydroxylation is 1. The first kappa shape index (κ1) is 12.9. The van der Waals surface area contributed by atoms with Gasteiger partial charge in [-0.25, -0.2) is 4.21 Å². The number of ketones is 2. The van der Waals surface area contributed by atoms with Crippen molar-refractivity contribution in [3.63, 3.8) is 0 Å². The molecule has 0 saturated carbocycles. The second kappa shape index (κ2) is 4.47. The fourth-order valence-corrected chi connectivity index (χ4v) is 2.76. The molecule has 0 heterocycles. The van der Waals surface area contributed by atoms with Crippen molar-refractivity contribution in [1.82, 2.24) is 0 Å². The van der Waals surface area contributed by atoms with Crippen LogP contribution in [0.15, 0.2) is 41.3 Å². The lowest BCUT2D eigenvalue weighted by Gasteiger charge is -2.18. The van der Waals surface area contributed by atoms with E-state index in [0.29, 0.717) is 11.1 Å². The summed E-state index contributed by atoms with van der Waals surface area (Å²) in [6, 6.07) is 9.22. The molecule has 0 bridgehead atoms. The van der Waals surface area contributed by atoms with Gasteiger partial charge in [0.05, 0.1) is 4.90 Å². The Morgan fingerprint density at radius 3 is 2.00 bits per heavy atom. The first-order chi connectivity index (χ1) is 9.49. The SMILES string of the molecule is Cc1ccc2c(c1)C(=O)c1ccc(S(=O)O)cc1C2=O. The molecule has 0 amide bonds. The second-order valence-corrected chi connectivity index (χ2v) is 5.63. The van der Waals surface area contributed by atoms with E-state index in [0.717, 1.165) is 5.56 Å². The third-order valence-corrected chi connectivity index (χ3v) is 4.00. The average molecular weight is 286 g/mol. The van der Waals surface area contributed by atoms with Crippen LogP contribution >= 0.6 is 0 Å².